The standard InChI is InChI=1S/C8H17.C3H6OS2.K/c1-3-5-7-8-6-4-2;1-2-6-3(4)5;/h1,3-8H2,2H3;2H2,1H3,(H,4,5);/q-1;;+1. The van der Waals surface area contributed by atoms with E-state index in [4.69, 9.17) is 0 Å². The van der Waals surface area contributed by atoms with Gasteiger partial charge in [-0.1, -0.05) is 70.3 Å². The van der Waals surface area contributed by atoms with E-state index in [0.29, 0.717) is 0 Å². The first kappa shape index (κ1) is 22.2. The number of hydrogen-bond donors (Lipinski definition) is 1. The number of unbranched alkanes of at least 4 members (excludes halogenated alkanes) is 5. The van der Waals surface area contributed by atoms with Crippen LogP contribution in [0, 0.1) is 6.92 Å². The molecule has 0 aliphatic rings. The molecule has 0 aliphatic carbocycles. The third kappa shape index (κ3) is 31.4. The van der Waals surface area contributed by atoms with Crippen LogP contribution in [0.4, 0.5) is 4.79 Å². The molecule has 0 unspecified atom stereocenters. The molecule has 0 rings (SSSR count). The Morgan fingerprint density at radius 2 is 1.73 bits per heavy atom. The Labute approximate surface area is 148 Å². The minimum absolute atomic E-state index is 0. The minimum atomic E-state index is -0.0995. The minimum Gasteiger partial charge on any atom is -0.343 e. The molecule has 15 heavy (non-hydrogen) atoms. The van der Waals surface area contributed by atoms with E-state index in [1.165, 1.54) is 43.9 Å². The second-order valence-corrected chi connectivity index (χ2v) is 4.91. The molecule has 4 heteroatoms. The summed E-state index contributed by atoms with van der Waals surface area (Å²) in [7, 11) is 0. The van der Waals surface area contributed by atoms with Crippen molar-refractivity contribution in [1.29, 1.82) is 0 Å². The molecule has 0 fully saturated rings. The van der Waals surface area contributed by atoms with Crippen molar-refractivity contribution in [3.05, 3.63) is 6.92 Å². The molecule has 0 amide bonds. The summed E-state index contributed by atoms with van der Waals surface area (Å²) in [5, 5.41) is 0. The van der Waals surface area contributed by atoms with Crippen LogP contribution >= 0.6 is 24.4 Å². The first-order valence-corrected chi connectivity index (χ1v) is 6.77. The number of thiol groups is 1. The summed E-state index contributed by atoms with van der Waals surface area (Å²) in [4.78, 5) is 9.87. The van der Waals surface area contributed by atoms with Crippen LogP contribution in [0.5, 0.6) is 0 Å². The first-order valence-electron chi connectivity index (χ1n) is 5.33. The fourth-order valence-electron chi connectivity index (χ4n) is 0.904. The van der Waals surface area contributed by atoms with E-state index in [0.717, 1.165) is 12.2 Å². The molecule has 0 aromatic carbocycles. The normalized spacial score (nSPS) is 8.53. The van der Waals surface area contributed by atoms with Gasteiger partial charge in [0.05, 0.1) is 0 Å². The Kier molecular flexibility index (Phi) is 31.5. The average molecular weight is 275 g/mol. The van der Waals surface area contributed by atoms with Gasteiger partial charge in [-0.15, -0.1) is 0 Å². The van der Waals surface area contributed by atoms with Gasteiger partial charge in [0, 0.05) is 0 Å². The Hall–Kier alpha value is 2.01. The van der Waals surface area contributed by atoms with Gasteiger partial charge < -0.3 is 6.92 Å². The summed E-state index contributed by atoms with van der Waals surface area (Å²) in [6, 6.07) is 0. The van der Waals surface area contributed by atoms with Crippen molar-refractivity contribution in [3.8, 4) is 0 Å². The fraction of sp³-hybridized carbons (Fsp3) is 0.818. The van der Waals surface area contributed by atoms with Gasteiger partial charge >= 0.3 is 51.4 Å². The molecule has 1 nitrogen and oxygen atoms in total. The summed E-state index contributed by atoms with van der Waals surface area (Å²) < 4.78 is -0.0995. The van der Waals surface area contributed by atoms with Crippen molar-refractivity contribution in [2.24, 2.45) is 0 Å². The van der Waals surface area contributed by atoms with Gasteiger partial charge in [-0.25, -0.2) is 0 Å². The molecule has 0 N–H and O–H groups in total. The Bertz CT molecular complexity index is 115. The maximum Gasteiger partial charge on any atom is 1.00 e. The molecular formula is C11H23KOS2. The SMILES string of the molecule is CCSC(=O)S.[CH2-]CCCCCCC.[K+]. The fourth-order valence-corrected chi connectivity index (χ4v) is 1.54. The maximum atomic E-state index is 9.87. The average Bonchev–Trinajstić information content (AvgIpc) is 2.13. The van der Waals surface area contributed by atoms with Gasteiger partial charge in [0.15, 0.2) is 0 Å². The van der Waals surface area contributed by atoms with Crippen LogP contribution in [0.3, 0.4) is 0 Å². The van der Waals surface area contributed by atoms with Crippen LogP contribution in [0.15, 0.2) is 0 Å². The monoisotopic (exact) mass is 274 g/mol. The second kappa shape index (κ2) is 21.3. The Morgan fingerprint density at radius 3 is 2.00 bits per heavy atom. The number of rotatable bonds is 6. The van der Waals surface area contributed by atoms with Crippen LogP contribution in [-0.2, 0) is 0 Å². The van der Waals surface area contributed by atoms with E-state index in [9.17, 15) is 4.79 Å². The van der Waals surface area contributed by atoms with Gasteiger partial charge in [0.1, 0.15) is 0 Å². The van der Waals surface area contributed by atoms with Crippen molar-refractivity contribution < 1.29 is 56.2 Å². The molecule has 0 saturated heterocycles. The zero-order chi connectivity index (χ0) is 11.2. The van der Waals surface area contributed by atoms with E-state index in [1.807, 2.05) is 6.92 Å². The maximum absolute atomic E-state index is 9.87. The first-order chi connectivity index (χ1) is 6.68. The van der Waals surface area contributed by atoms with Crippen molar-refractivity contribution >= 4 is 28.8 Å². The van der Waals surface area contributed by atoms with E-state index in [-0.39, 0.29) is 55.8 Å². The summed E-state index contributed by atoms with van der Waals surface area (Å²) in [5.41, 5.74) is 0. The predicted molar refractivity (Wildman–Crippen MR) is 71.2 cm³/mol. The number of carbonyl (C=O) groups excluding carboxylic acids is 1. The molecule has 0 aromatic heterocycles. The van der Waals surface area contributed by atoms with Gasteiger partial charge in [0.2, 0.25) is 4.45 Å². The molecule has 0 heterocycles. The quantitative estimate of drug-likeness (QED) is 0.345. The van der Waals surface area contributed by atoms with E-state index < -0.39 is 0 Å². The Balaban J connectivity index is -0.000000187. The molecule has 0 bridgehead atoms. The summed E-state index contributed by atoms with van der Waals surface area (Å²) in [5.74, 6) is 0.822. The predicted octanol–water partition coefficient (Wildman–Crippen LogP) is 1.97. The van der Waals surface area contributed by atoms with Crippen LogP contribution in [-0.4, -0.2) is 10.2 Å². The molecule has 0 aromatic rings. The van der Waals surface area contributed by atoms with E-state index in [2.05, 4.69) is 26.5 Å². The molecule has 86 valence electrons. The number of carbonyl (C=O) groups is 1. The van der Waals surface area contributed by atoms with Crippen LogP contribution in [0.1, 0.15) is 52.4 Å². The second-order valence-electron chi connectivity index (χ2n) is 2.97. The van der Waals surface area contributed by atoms with Gasteiger partial charge in [-0.3, -0.25) is 4.79 Å². The topological polar surface area (TPSA) is 17.1 Å². The van der Waals surface area contributed by atoms with Crippen LogP contribution < -0.4 is 51.4 Å². The molecular weight excluding hydrogens is 251 g/mol. The van der Waals surface area contributed by atoms with Crippen molar-refractivity contribution in [1.82, 2.24) is 0 Å². The molecule has 0 spiro atoms. The summed E-state index contributed by atoms with van der Waals surface area (Å²) in [6.45, 7) is 7.94. The number of thioether (sulfide) groups is 1. The van der Waals surface area contributed by atoms with Gasteiger partial charge in [-0.2, -0.15) is 6.42 Å². The van der Waals surface area contributed by atoms with Gasteiger partial charge in [-0.05, 0) is 5.75 Å². The van der Waals surface area contributed by atoms with Crippen molar-refractivity contribution in [2.45, 2.75) is 52.4 Å². The molecule has 0 aliphatic heterocycles. The smallest absolute Gasteiger partial charge is 0.343 e. The summed E-state index contributed by atoms with van der Waals surface area (Å²) >= 11 is 4.71. The van der Waals surface area contributed by atoms with Crippen LogP contribution in [0.25, 0.3) is 0 Å². The van der Waals surface area contributed by atoms with Gasteiger partial charge in [0.25, 0.3) is 0 Å². The molecule has 0 atom stereocenters. The molecule has 0 radical (unpaired) electrons. The third-order valence-corrected chi connectivity index (χ3v) is 2.54. The third-order valence-electron chi connectivity index (χ3n) is 1.62. The van der Waals surface area contributed by atoms with Crippen molar-refractivity contribution in [3.63, 3.8) is 0 Å². The van der Waals surface area contributed by atoms with Crippen LogP contribution in [0.2, 0.25) is 0 Å². The zero-order valence-electron chi connectivity index (χ0n) is 10.4. The number of hydrogen-bond acceptors (Lipinski definition) is 2. The molecule has 0 saturated carbocycles. The Morgan fingerprint density at radius 1 is 1.20 bits per heavy atom. The van der Waals surface area contributed by atoms with E-state index >= 15 is 0 Å². The van der Waals surface area contributed by atoms with Crippen molar-refractivity contribution in [2.75, 3.05) is 5.75 Å². The zero-order valence-corrected chi connectivity index (χ0v) is 15.3. The largest absolute Gasteiger partial charge is 1.00 e. The van der Waals surface area contributed by atoms with E-state index in [1.54, 1.807) is 0 Å². The summed E-state index contributed by atoms with van der Waals surface area (Å²) in [6.07, 6.45) is 7.98.